The maximum absolute atomic E-state index is 11.9. The van der Waals surface area contributed by atoms with Crippen LogP contribution in [0.3, 0.4) is 0 Å². The molecule has 3 unspecified atom stereocenters. The highest BCUT2D eigenvalue weighted by Gasteiger charge is 2.44. The molecule has 3 aliphatic rings. The van der Waals surface area contributed by atoms with Crippen LogP contribution in [0.2, 0.25) is 0 Å². The molecule has 2 bridgehead atoms. The molecule has 3 rings (SSSR count). The summed E-state index contributed by atoms with van der Waals surface area (Å²) in [4.78, 5) is 14.0. The minimum Gasteiger partial charge on any atom is -0.338 e. The van der Waals surface area contributed by atoms with Crippen LogP contribution in [0.25, 0.3) is 0 Å². The SMILES string of the molecule is O=C1C2CCC(C2)N1CC1CCCN1. The van der Waals surface area contributed by atoms with Crippen LogP contribution in [-0.4, -0.2) is 36.0 Å². The van der Waals surface area contributed by atoms with Crippen molar-refractivity contribution in [1.82, 2.24) is 10.2 Å². The van der Waals surface area contributed by atoms with Gasteiger partial charge in [0.15, 0.2) is 0 Å². The molecule has 1 N–H and O–H groups in total. The molecule has 78 valence electrons. The van der Waals surface area contributed by atoms with Gasteiger partial charge in [0.05, 0.1) is 0 Å². The molecule has 2 saturated heterocycles. The van der Waals surface area contributed by atoms with Crippen molar-refractivity contribution in [1.29, 1.82) is 0 Å². The van der Waals surface area contributed by atoms with Gasteiger partial charge in [0.25, 0.3) is 0 Å². The van der Waals surface area contributed by atoms with Crippen LogP contribution in [0.5, 0.6) is 0 Å². The number of amides is 1. The minimum absolute atomic E-state index is 0.390. The van der Waals surface area contributed by atoms with Crippen LogP contribution in [-0.2, 0) is 4.79 Å². The number of nitrogens with zero attached hydrogens (tertiary/aromatic N) is 1. The van der Waals surface area contributed by atoms with E-state index < -0.39 is 0 Å². The molecular weight excluding hydrogens is 176 g/mol. The standard InChI is InChI=1S/C11H18N2O/c14-11-8-3-4-10(6-8)13(11)7-9-2-1-5-12-9/h8-10,12H,1-7H2. The van der Waals surface area contributed by atoms with E-state index in [9.17, 15) is 4.79 Å². The fraction of sp³-hybridized carbons (Fsp3) is 0.909. The van der Waals surface area contributed by atoms with E-state index in [0.717, 1.165) is 25.9 Å². The highest BCUT2D eigenvalue weighted by molar-refractivity contribution is 5.82. The van der Waals surface area contributed by atoms with Crippen molar-refractivity contribution in [3.63, 3.8) is 0 Å². The van der Waals surface area contributed by atoms with Crippen LogP contribution in [0.4, 0.5) is 0 Å². The van der Waals surface area contributed by atoms with E-state index in [1.807, 2.05) is 0 Å². The van der Waals surface area contributed by atoms with Crippen LogP contribution in [0, 0.1) is 5.92 Å². The first-order valence-electron chi connectivity index (χ1n) is 5.88. The average Bonchev–Trinajstić information content (AvgIpc) is 2.87. The number of carbonyl (C=O) groups excluding carboxylic acids is 1. The molecule has 14 heavy (non-hydrogen) atoms. The van der Waals surface area contributed by atoms with Crippen molar-refractivity contribution in [2.45, 2.75) is 44.2 Å². The van der Waals surface area contributed by atoms with Crippen LogP contribution in [0.15, 0.2) is 0 Å². The number of nitrogens with one attached hydrogen (secondary N) is 1. The number of carbonyl (C=O) groups is 1. The lowest BCUT2D eigenvalue weighted by Gasteiger charge is -2.29. The van der Waals surface area contributed by atoms with Gasteiger partial charge in [0.1, 0.15) is 0 Å². The fourth-order valence-corrected chi connectivity index (χ4v) is 3.27. The summed E-state index contributed by atoms with van der Waals surface area (Å²) in [6, 6.07) is 1.17. The molecular formula is C11H18N2O. The molecule has 1 amide bonds. The first kappa shape index (κ1) is 8.72. The van der Waals surface area contributed by atoms with Gasteiger partial charge in [-0.1, -0.05) is 0 Å². The Morgan fingerprint density at radius 3 is 2.93 bits per heavy atom. The summed E-state index contributed by atoms with van der Waals surface area (Å²) in [7, 11) is 0. The zero-order valence-electron chi connectivity index (χ0n) is 8.54. The first-order chi connectivity index (χ1) is 6.84. The molecule has 2 heterocycles. The van der Waals surface area contributed by atoms with Gasteiger partial charge >= 0.3 is 0 Å². The monoisotopic (exact) mass is 194 g/mol. The lowest BCUT2D eigenvalue weighted by Crippen LogP contribution is -2.44. The highest BCUT2D eigenvalue weighted by Crippen LogP contribution is 2.38. The summed E-state index contributed by atoms with van der Waals surface area (Å²) in [5.74, 6) is 0.830. The Hall–Kier alpha value is -0.570. The number of hydrogen-bond acceptors (Lipinski definition) is 2. The zero-order valence-corrected chi connectivity index (χ0v) is 8.54. The second kappa shape index (κ2) is 3.23. The molecule has 0 aromatic carbocycles. The number of hydrogen-bond donors (Lipinski definition) is 1. The Bertz CT molecular complexity index is 248. The Kier molecular flexibility index (Phi) is 2.01. The van der Waals surface area contributed by atoms with Gasteiger partial charge in [-0.3, -0.25) is 4.79 Å². The molecule has 0 aromatic rings. The summed E-state index contributed by atoms with van der Waals surface area (Å²) in [5.41, 5.74) is 0. The summed E-state index contributed by atoms with van der Waals surface area (Å²) in [6.07, 6.45) is 6.08. The number of fused-ring (bicyclic) bond motifs is 2. The first-order valence-corrected chi connectivity index (χ1v) is 5.88. The van der Waals surface area contributed by atoms with Gasteiger partial charge < -0.3 is 10.2 Å². The summed E-state index contributed by atoms with van der Waals surface area (Å²) < 4.78 is 0. The lowest BCUT2D eigenvalue weighted by molar-refractivity contribution is -0.134. The molecule has 0 aromatic heterocycles. The maximum Gasteiger partial charge on any atom is 0.226 e. The molecule has 3 fully saturated rings. The molecule has 1 saturated carbocycles. The van der Waals surface area contributed by atoms with Crippen LogP contribution in [0.1, 0.15) is 32.1 Å². The predicted octanol–water partition coefficient (Wildman–Crippen LogP) is 0.749. The number of rotatable bonds is 2. The van der Waals surface area contributed by atoms with Crippen molar-refractivity contribution in [2.75, 3.05) is 13.1 Å². The molecule has 3 nitrogen and oxygen atoms in total. The van der Waals surface area contributed by atoms with E-state index in [1.54, 1.807) is 0 Å². The van der Waals surface area contributed by atoms with E-state index in [4.69, 9.17) is 0 Å². The third kappa shape index (κ3) is 1.26. The third-order valence-corrected chi connectivity index (χ3v) is 4.06. The Balaban J connectivity index is 1.64. The van der Waals surface area contributed by atoms with E-state index in [2.05, 4.69) is 10.2 Å². The summed E-state index contributed by atoms with van der Waals surface area (Å²) in [6.45, 7) is 2.11. The Labute approximate surface area is 84.8 Å². The largest absolute Gasteiger partial charge is 0.338 e. The number of likely N-dealkylation sites (tertiary alicyclic amines) is 1. The summed E-state index contributed by atoms with van der Waals surface area (Å²) in [5, 5.41) is 3.47. The maximum atomic E-state index is 11.9. The third-order valence-electron chi connectivity index (χ3n) is 4.06. The average molecular weight is 194 g/mol. The molecule has 2 aliphatic heterocycles. The van der Waals surface area contributed by atoms with Gasteiger partial charge in [-0.2, -0.15) is 0 Å². The van der Waals surface area contributed by atoms with Crippen LogP contribution < -0.4 is 5.32 Å². The van der Waals surface area contributed by atoms with E-state index in [0.29, 0.717) is 23.9 Å². The van der Waals surface area contributed by atoms with E-state index in [-0.39, 0.29) is 0 Å². The topological polar surface area (TPSA) is 32.3 Å². The zero-order chi connectivity index (χ0) is 9.54. The smallest absolute Gasteiger partial charge is 0.226 e. The molecule has 0 spiro atoms. The van der Waals surface area contributed by atoms with Crippen molar-refractivity contribution >= 4 is 5.91 Å². The summed E-state index contributed by atoms with van der Waals surface area (Å²) >= 11 is 0. The van der Waals surface area contributed by atoms with Gasteiger partial charge in [-0.25, -0.2) is 0 Å². The highest BCUT2D eigenvalue weighted by atomic mass is 16.2. The van der Waals surface area contributed by atoms with Crippen LogP contribution >= 0.6 is 0 Å². The fourth-order valence-electron chi connectivity index (χ4n) is 3.27. The second-order valence-electron chi connectivity index (χ2n) is 4.95. The molecule has 1 aliphatic carbocycles. The van der Waals surface area contributed by atoms with Gasteiger partial charge in [-0.05, 0) is 38.6 Å². The van der Waals surface area contributed by atoms with E-state index >= 15 is 0 Å². The van der Waals surface area contributed by atoms with E-state index in [1.165, 1.54) is 19.3 Å². The predicted molar refractivity (Wildman–Crippen MR) is 53.9 cm³/mol. The molecule has 3 atom stereocenters. The normalized spacial score (nSPS) is 41.3. The molecule has 3 heteroatoms. The van der Waals surface area contributed by atoms with Crippen molar-refractivity contribution in [3.05, 3.63) is 0 Å². The Morgan fingerprint density at radius 1 is 1.36 bits per heavy atom. The van der Waals surface area contributed by atoms with Gasteiger partial charge in [0, 0.05) is 24.5 Å². The van der Waals surface area contributed by atoms with Crippen molar-refractivity contribution < 1.29 is 4.79 Å². The quantitative estimate of drug-likeness (QED) is 0.703. The molecule has 0 radical (unpaired) electrons. The minimum atomic E-state index is 0.390. The Morgan fingerprint density at radius 2 is 2.29 bits per heavy atom. The number of piperidine rings is 1. The van der Waals surface area contributed by atoms with Gasteiger partial charge in [-0.15, -0.1) is 0 Å². The van der Waals surface area contributed by atoms with Crippen molar-refractivity contribution in [3.8, 4) is 0 Å². The van der Waals surface area contributed by atoms with Gasteiger partial charge in [0.2, 0.25) is 5.91 Å². The lowest BCUT2D eigenvalue weighted by atomic mass is 10.1. The van der Waals surface area contributed by atoms with Crippen molar-refractivity contribution in [2.24, 2.45) is 5.92 Å². The second-order valence-corrected chi connectivity index (χ2v) is 4.95.